The minimum atomic E-state index is -0.0750. The van der Waals surface area contributed by atoms with Gasteiger partial charge >= 0.3 is 5.97 Å². The average molecular weight is 276 g/mol. The summed E-state index contributed by atoms with van der Waals surface area (Å²) in [4.78, 5) is 11.8. The minimum absolute atomic E-state index is 0.0518. The van der Waals surface area contributed by atoms with E-state index in [0.29, 0.717) is 6.42 Å². The zero-order valence-electron chi connectivity index (χ0n) is 12.7. The van der Waals surface area contributed by atoms with Gasteiger partial charge in [-0.3, -0.25) is 4.79 Å². The molecular weight excluding hydrogens is 248 g/mol. The molecular formula is C18H28O2. The molecule has 1 aliphatic heterocycles. The summed E-state index contributed by atoms with van der Waals surface area (Å²) in [6.07, 6.45) is 21.7. The van der Waals surface area contributed by atoms with Crippen LogP contribution in [0.15, 0.2) is 36.5 Å². The third kappa shape index (κ3) is 8.73. The Bertz CT molecular complexity index is 339. The van der Waals surface area contributed by atoms with Gasteiger partial charge in [0, 0.05) is 6.42 Å². The molecule has 112 valence electrons. The van der Waals surface area contributed by atoms with E-state index in [1.54, 1.807) is 0 Å². The lowest BCUT2D eigenvalue weighted by Gasteiger charge is -2.13. The van der Waals surface area contributed by atoms with Gasteiger partial charge in [0.05, 0.1) is 0 Å². The van der Waals surface area contributed by atoms with E-state index in [9.17, 15) is 4.79 Å². The molecule has 0 aromatic carbocycles. The number of cyclic esters (lactones) is 1. The van der Waals surface area contributed by atoms with Gasteiger partial charge in [0.1, 0.15) is 6.10 Å². The zero-order valence-corrected chi connectivity index (χ0v) is 12.7. The summed E-state index contributed by atoms with van der Waals surface area (Å²) in [5, 5.41) is 0. The first kappa shape index (κ1) is 16.7. The number of ether oxygens (including phenoxy) is 1. The van der Waals surface area contributed by atoms with Crippen molar-refractivity contribution in [3.05, 3.63) is 36.5 Å². The number of carbonyl (C=O) groups excluding carboxylic acids is 1. The van der Waals surface area contributed by atoms with Crippen LogP contribution in [-0.2, 0) is 9.53 Å². The van der Waals surface area contributed by atoms with Gasteiger partial charge < -0.3 is 4.74 Å². The van der Waals surface area contributed by atoms with Gasteiger partial charge in [-0.2, -0.15) is 0 Å². The third-order valence-electron chi connectivity index (χ3n) is 3.40. The summed E-state index contributed by atoms with van der Waals surface area (Å²) in [6, 6.07) is 0. The second kappa shape index (κ2) is 11.5. The number of hydrogen-bond acceptors (Lipinski definition) is 2. The van der Waals surface area contributed by atoms with Gasteiger partial charge in [-0.1, -0.05) is 63.0 Å². The molecule has 0 N–H and O–H groups in total. The number of esters is 1. The average Bonchev–Trinajstić information content (AvgIpc) is 2.42. The predicted octanol–water partition coefficient (Wildman–Crippen LogP) is 5.11. The zero-order chi connectivity index (χ0) is 14.5. The van der Waals surface area contributed by atoms with E-state index in [1.807, 2.05) is 24.3 Å². The Morgan fingerprint density at radius 1 is 1.05 bits per heavy atom. The Balaban J connectivity index is 2.55. The van der Waals surface area contributed by atoms with Crippen LogP contribution in [-0.4, -0.2) is 12.1 Å². The summed E-state index contributed by atoms with van der Waals surface area (Å²) >= 11 is 0. The SMILES string of the molecule is CCCC1/C=C/C=C/C=C/CCCCCCCC(=O)O1. The van der Waals surface area contributed by atoms with E-state index in [4.69, 9.17) is 4.74 Å². The van der Waals surface area contributed by atoms with Gasteiger partial charge in [0.25, 0.3) is 0 Å². The fourth-order valence-electron chi connectivity index (χ4n) is 2.26. The predicted molar refractivity (Wildman–Crippen MR) is 84.5 cm³/mol. The van der Waals surface area contributed by atoms with Crippen LogP contribution in [0.25, 0.3) is 0 Å². The van der Waals surface area contributed by atoms with Crippen molar-refractivity contribution >= 4 is 5.97 Å². The van der Waals surface area contributed by atoms with Gasteiger partial charge in [0.15, 0.2) is 0 Å². The highest BCUT2D eigenvalue weighted by molar-refractivity contribution is 5.69. The molecule has 0 bridgehead atoms. The summed E-state index contributed by atoms with van der Waals surface area (Å²) in [6.45, 7) is 2.11. The molecule has 0 aromatic heterocycles. The molecule has 1 rings (SSSR count). The van der Waals surface area contributed by atoms with Gasteiger partial charge in [-0.05, 0) is 31.8 Å². The van der Waals surface area contributed by atoms with Gasteiger partial charge in [0.2, 0.25) is 0 Å². The summed E-state index contributed by atoms with van der Waals surface area (Å²) in [5.74, 6) is -0.0518. The standard InChI is InChI=1S/C18H28O2/c1-2-14-17-15-12-10-8-6-4-3-5-7-9-11-13-16-18(19)20-17/h4,6,8,10,12,15,17H,2-3,5,7,9,11,13-14,16H2,1H3/b6-4+,10-8+,15-12+. The lowest BCUT2D eigenvalue weighted by molar-refractivity contribution is -0.147. The van der Waals surface area contributed by atoms with Gasteiger partial charge in [-0.15, -0.1) is 0 Å². The maximum Gasteiger partial charge on any atom is 0.306 e. The maximum absolute atomic E-state index is 11.8. The van der Waals surface area contributed by atoms with Crippen LogP contribution in [0.3, 0.4) is 0 Å². The van der Waals surface area contributed by atoms with Crippen molar-refractivity contribution in [2.24, 2.45) is 0 Å². The number of allylic oxidation sites excluding steroid dienone is 5. The molecule has 0 amide bonds. The van der Waals surface area contributed by atoms with E-state index in [0.717, 1.165) is 32.1 Å². The van der Waals surface area contributed by atoms with Crippen molar-refractivity contribution < 1.29 is 9.53 Å². The molecule has 2 nitrogen and oxygen atoms in total. The highest BCUT2D eigenvalue weighted by atomic mass is 16.5. The quantitative estimate of drug-likeness (QED) is 0.655. The normalized spacial score (nSPS) is 27.4. The van der Waals surface area contributed by atoms with Crippen LogP contribution in [0.4, 0.5) is 0 Å². The fourth-order valence-corrected chi connectivity index (χ4v) is 2.26. The molecule has 0 saturated carbocycles. The van der Waals surface area contributed by atoms with E-state index in [2.05, 4.69) is 19.1 Å². The fraction of sp³-hybridized carbons (Fsp3) is 0.611. The first-order chi connectivity index (χ1) is 9.83. The molecule has 0 fully saturated rings. The van der Waals surface area contributed by atoms with Crippen molar-refractivity contribution in [2.75, 3.05) is 0 Å². The number of carbonyl (C=O) groups is 1. The van der Waals surface area contributed by atoms with Gasteiger partial charge in [-0.25, -0.2) is 0 Å². The summed E-state index contributed by atoms with van der Waals surface area (Å²) in [7, 11) is 0. The van der Waals surface area contributed by atoms with Crippen molar-refractivity contribution in [1.82, 2.24) is 0 Å². The summed E-state index contributed by atoms with van der Waals surface area (Å²) in [5.41, 5.74) is 0. The molecule has 0 aromatic rings. The monoisotopic (exact) mass is 276 g/mol. The Kier molecular flexibility index (Phi) is 9.64. The van der Waals surface area contributed by atoms with Crippen LogP contribution in [0, 0.1) is 0 Å². The molecule has 0 saturated heterocycles. The Morgan fingerprint density at radius 3 is 2.65 bits per heavy atom. The van der Waals surface area contributed by atoms with E-state index < -0.39 is 0 Å². The second-order valence-electron chi connectivity index (χ2n) is 5.32. The molecule has 2 heteroatoms. The molecule has 0 spiro atoms. The van der Waals surface area contributed by atoms with E-state index in [-0.39, 0.29) is 12.1 Å². The van der Waals surface area contributed by atoms with Crippen molar-refractivity contribution in [3.63, 3.8) is 0 Å². The van der Waals surface area contributed by atoms with Crippen molar-refractivity contribution in [1.29, 1.82) is 0 Å². The van der Waals surface area contributed by atoms with E-state index in [1.165, 1.54) is 19.3 Å². The van der Waals surface area contributed by atoms with Crippen LogP contribution >= 0.6 is 0 Å². The highest BCUT2D eigenvalue weighted by Gasteiger charge is 2.10. The third-order valence-corrected chi connectivity index (χ3v) is 3.40. The van der Waals surface area contributed by atoms with Crippen LogP contribution in [0.5, 0.6) is 0 Å². The minimum Gasteiger partial charge on any atom is -0.458 e. The molecule has 1 unspecified atom stereocenters. The Morgan fingerprint density at radius 2 is 1.80 bits per heavy atom. The first-order valence-corrected chi connectivity index (χ1v) is 8.02. The van der Waals surface area contributed by atoms with Crippen molar-refractivity contribution in [3.8, 4) is 0 Å². The summed E-state index contributed by atoms with van der Waals surface area (Å²) < 4.78 is 5.51. The molecule has 20 heavy (non-hydrogen) atoms. The number of hydrogen-bond donors (Lipinski definition) is 0. The first-order valence-electron chi connectivity index (χ1n) is 8.02. The van der Waals surface area contributed by atoms with Crippen LogP contribution < -0.4 is 0 Å². The molecule has 1 aliphatic rings. The Labute approximate surface area is 123 Å². The lowest BCUT2D eigenvalue weighted by Crippen LogP contribution is -2.15. The molecule has 1 heterocycles. The molecule has 0 radical (unpaired) electrons. The smallest absolute Gasteiger partial charge is 0.306 e. The lowest BCUT2D eigenvalue weighted by atomic mass is 10.1. The Hall–Kier alpha value is -1.31. The maximum atomic E-state index is 11.8. The largest absolute Gasteiger partial charge is 0.458 e. The topological polar surface area (TPSA) is 26.3 Å². The second-order valence-corrected chi connectivity index (χ2v) is 5.32. The van der Waals surface area contributed by atoms with E-state index >= 15 is 0 Å². The molecule has 1 atom stereocenters. The van der Waals surface area contributed by atoms with Crippen molar-refractivity contribution in [2.45, 2.75) is 70.8 Å². The van der Waals surface area contributed by atoms with Crippen LogP contribution in [0.1, 0.15) is 64.7 Å². The highest BCUT2D eigenvalue weighted by Crippen LogP contribution is 2.11. The number of rotatable bonds is 2. The molecule has 0 aliphatic carbocycles. The van der Waals surface area contributed by atoms with Crippen LogP contribution in [0.2, 0.25) is 0 Å².